The first-order valence-corrected chi connectivity index (χ1v) is 6.73. The molecule has 18 heavy (non-hydrogen) atoms. The van der Waals surface area contributed by atoms with Gasteiger partial charge in [0.25, 0.3) is 0 Å². The minimum Gasteiger partial charge on any atom is -0.322 e. The zero-order chi connectivity index (χ0) is 13.1. The van der Waals surface area contributed by atoms with E-state index in [1.54, 1.807) is 0 Å². The second-order valence-corrected chi connectivity index (χ2v) is 5.29. The van der Waals surface area contributed by atoms with E-state index in [0.717, 1.165) is 30.6 Å². The van der Waals surface area contributed by atoms with E-state index >= 15 is 0 Å². The molecule has 1 aliphatic heterocycles. The zero-order valence-electron chi connectivity index (χ0n) is 11.5. The number of aryl methyl sites for hydroxylation is 2. The summed E-state index contributed by atoms with van der Waals surface area (Å²) in [6.45, 7) is 7.06. The van der Waals surface area contributed by atoms with Gasteiger partial charge in [-0.2, -0.15) is 0 Å². The van der Waals surface area contributed by atoms with Crippen molar-refractivity contribution in [2.24, 2.45) is 0 Å². The number of carbonyl (C=O) groups excluding carboxylic acids is 1. The van der Waals surface area contributed by atoms with Gasteiger partial charge in [-0.15, -0.1) is 0 Å². The molecule has 98 valence electrons. The van der Waals surface area contributed by atoms with E-state index < -0.39 is 0 Å². The largest absolute Gasteiger partial charge is 0.322 e. The average molecular weight is 246 g/mol. The number of rotatable bonds is 1. The molecule has 1 fully saturated rings. The minimum absolute atomic E-state index is 0.0379. The maximum absolute atomic E-state index is 12.3. The van der Waals surface area contributed by atoms with Crippen molar-refractivity contribution in [3.63, 3.8) is 0 Å². The van der Waals surface area contributed by atoms with Crippen molar-refractivity contribution in [1.29, 1.82) is 0 Å². The molecule has 0 radical (unpaired) electrons. The van der Waals surface area contributed by atoms with Gasteiger partial charge in [-0.1, -0.05) is 12.1 Å². The van der Waals surface area contributed by atoms with E-state index in [1.165, 1.54) is 12.0 Å². The third kappa shape index (κ3) is 2.84. The standard InChI is InChI=1S/C15H22N2O/c1-11-7-8-12(2)14(10-11)16-15(18)17-9-5-4-6-13(17)3/h7-8,10,13H,4-6,9H2,1-3H3,(H,16,18)/t13-/m1/s1. The van der Waals surface area contributed by atoms with Crippen LogP contribution in [0, 0.1) is 13.8 Å². The van der Waals surface area contributed by atoms with Crippen LogP contribution in [-0.2, 0) is 0 Å². The Bertz CT molecular complexity index is 442. The minimum atomic E-state index is 0.0379. The van der Waals surface area contributed by atoms with Crippen molar-refractivity contribution >= 4 is 11.7 Å². The number of hydrogen-bond donors (Lipinski definition) is 1. The van der Waals surface area contributed by atoms with Gasteiger partial charge < -0.3 is 10.2 Å². The highest BCUT2D eigenvalue weighted by Crippen LogP contribution is 2.20. The number of nitrogens with zero attached hydrogens (tertiary/aromatic N) is 1. The predicted molar refractivity (Wildman–Crippen MR) is 75.0 cm³/mol. The number of carbonyl (C=O) groups is 1. The summed E-state index contributed by atoms with van der Waals surface area (Å²) < 4.78 is 0. The molecule has 0 aromatic heterocycles. The molecule has 2 amide bonds. The van der Waals surface area contributed by atoms with Crippen molar-refractivity contribution in [2.75, 3.05) is 11.9 Å². The Kier molecular flexibility index (Phi) is 3.90. The Hall–Kier alpha value is -1.51. The number of anilines is 1. The summed E-state index contributed by atoms with van der Waals surface area (Å²) in [4.78, 5) is 14.2. The third-order valence-corrected chi connectivity index (χ3v) is 3.70. The van der Waals surface area contributed by atoms with Gasteiger partial charge in [0.2, 0.25) is 0 Å². The smallest absolute Gasteiger partial charge is 0.322 e. The van der Waals surface area contributed by atoms with Gasteiger partial charge in [0, 0.05) is 18.3 Å². The molecule has 1 saturated heterocycles. The van der Waals surface area contributed by atoms with Crippen LogP contribution in [0.4, 0.5) is 10.5 Å². The van der Waals surface area contributed by atoms with Crippen LogP contribution in [0.2, 0.25) is 0 Å². The second kappa shape index (κ2) is 5.42. The predicted octanol–water partition coefficient (Wildman–Crippen LogP) is 3.71. The van der Waals surface area contributed by atoms with Crippen LogP contribution in [0.5, 0.6) is 0 Å². The Morgan fingerprint density at radius 1 is 1.33 bits per heavy atom. The van der Waals surface area contributed by atoms with Crippen LogP contribution < -0.4 is 5.32 Å². The fourth-order valence-corrected chi connectivity index (χ4v) is 2.46. The van der Waals surface area contributed by atoms with E-state index in [2.05, 4.69) is 18.3 Å². The highest BCUT2D eigenvalue weighted by molar-refractivity contribution is 5.90. The van der Waals surface area contributed by atoms with Crippen LogP contribution in [0.25, 0.3) is 0 Å². The van der Waals surface area contributed by atoms with Crippen molar-refractivity contribution in [1.82, 2.24) is 4.90 Å². The van der Waals surface area contributed by atoms with Crippen LogP contribution in [-0.4, -0.2) is 23.5 Å². The van der Waals surface area contributed by atoms with Gasteiger partial charge in [-0.05, 0) is 57.2 Å². The topological polar surface area (TPSA) is 32.3 Å². The summed E-state index contributed by atoms with van der Waals surface area (Å²) in [7, 11) is 0. The Morgan fingerprint density at radius 2 is 2.11 bits per heavy atom. The molecular formula is C15H22N2O. The SMILES string of the molecule is Cc1ccc(C)c(NC(=O)N2CCCC[C@H]2C)c1. The Morgan fingerprint density at radius 3 is 2.83 bits per heavy atom. The number of benzene rings is 1. The molecule has 0 spiro atoms. The number of hydrogen-bond acceptors (Lipinski definition) is 1. The lowest BCUT2D eigenvalue weighted by molar-refractivity contribution is 0.170. The van der Waals surface area contributed by atoms with Crippen molar-refractivity contribution in [2.45, 2.75) is 46.1 Å². The molecule has 0 bridgehead atoms. The summed E-state index contributed by atoms with van der Waals surface area (Å²) in [5, 5.41) is 3.04. The number of nitrogens with one attached hydrogen (secondary N) is 1. The van der Waals surface area contributed by atoms with Crippen LogP contribution in [0.15, 0.2) is 18.2 Å². The van der Waals surface area contributed by atoms with Crippen molar-refractivity contribution in [3.8, 4) is 0 Å². The van der Waals surface area contributed by atoms with E-state index in [1.807, 2.05) is 30.9 Å². The fraction of sp³-hybridized carbons (Fsp3) is 0.533. The second-order valence-electron chi connectivity index (χ2n) is 5.29. The maximum Gasteiger partial charge on any atom is 0.322 e. The molecule has 1 aromatic carbocycles. The molecule has 1 atom stereocenters. The Labute approximate surface area is 109 Å². The summed E-state index contributed by atoms with van der Waals surface area (Å²) in [6, 6.07) is 6.53. The van der Waals surface area contributed by atoms with Crippen LogP contribution in [0.3, 0.4) is 0 Å². The van der Waals surface area contributed by atoms with Gasteiger partial charge in [0.05, 0.1) is 0 Å². The highest BCUT2D eigenvalue weighted by Gasteiger charge is 2.23. The zero-order valence-corrected chi connectivity index (χ0v) is 11.5. The first-order chi connectivity index (χ1) is 8.58. The molecule has 0 saturated carbocycles. The summed E-state index contributed by atoms with van der Waals surface area (Å²) in [6.07, 6.45) is 3.46. The molecule has 0 aliphatic carbocycles. The van der Waals surface area contributed by atoms with Gasteiger partial charge in [0.15, 0.2) is 0 Å². The monoisotopic (exact) mass is 246 g/mol. The lowest BCUT2D eigenvalue weighted by atomic mass is 10.0. The summed E-state index contributed by atoms with van der Waals surface area (Å²) >= 11 is 0. The van der Waals surface area contributed by atoms with Gasteiger partial charge in [-0.3, -0.25) is 0 Å². The van der Waals surface area contributed by atoms with Gasteiger partial charge >= 0.3 is 6.03 Å². The Balaban J connectivity index is 2.08. The molecule has 1 N–H and O–H groups in total. The number of likely N-dealkylation sites (tertiary alicyclic amines) is 1. The van der Waals surface area contributed by atoms with Crippen LogP contribution in [0.1, 0.15) is 37.3 Å². The molecule has 0 unspecified atom stereocenters. The van der Waals surface area contributed by atoms with E-state index in [0.29, 0.717) is 6.04 Å². The third-order valence-electron chi connectivity index (χ3n) is 3.70. The average Bonchev–Trinajstić information content (AvgIpc) is 2.34. The van der Waals surface area contributed by atoms with Crippen molar-refractivity contribution < 1.29 is 4.79 Å². The number of amides is 2. The summed E-state index contributed by atoms with van der Waals surface area (Å²) in [5.74, 6) is 0. The number of piperidine rings is 1. The van der Waals surface area contributed by atoms with Crippen molar-refractivity contribution in [3.05, 3.63) is 29.3 Å². The van der Waals surface area contributed by atoms with E-state index in [9.17, 15) is 4.79 Å². The molecule has 1 heterocycles. The fourth-order valence-electron chi connectivity index (χ4n) is 2.46. The summed E-state index contributed by atoms with van der Waals surface area (Å²) in [5.41, 5.74) is 3.21. The highest BCUT2D eigenvalue weighted by atomic mass is 16.2. The molecule has 3 nitrogen and oxygen atoms in total. The van der Waals surface area contributed by atoms with E-state index in [4.69, 9.17) is 0 Å². The molecular weight excluding hydrogens is 224 g/mol. The normalized spacial score (nSPS) is 19.7. The molecule has 3 heteroatoms. The molecule has 1 aromatic rings. The molecule has 1 aliphatic rings. The molecule has 2 rings (SSSR count). The van der Waals surface area contributed by atoms with Gasteiger partial charge in [-0.25, -0.2) is 4.79 Å². The first kappa shape index (κ1) is 12.9. The maximum atomic E-state index is 12.3. The van der Waals surface area contributed by atoms with Crippen LogP contribution >= 0.6 is 0 Å². The lowest BCUT2D eigenvalue weighted by Gasteiger charge is -2.33. The first-order valence-electron chi connectivity index (χ1n) is 6.73. The quantitative estimate of drug-likeness (QED) is 0.805. The lowest BCUT2D eigenvalue weighted by Crippen LogP contribution is -2.44. The number of urea groups is 1. The van der Waals surface area contributed by atoms with Gasteiger partial charge in [0.1, 0.15) is 0 Å². The van der Waals surface area contributed by atoms with E-state index in [-0.39, 0.29) is 6.03 Å².